The van der Waals surface area contributed by atoms with Gasteiger partial charge in [0.05, 0.1) is 0 Å². The largest absolute Gasteiger partial charge is 0.508 e. The van der Waals surface area contributed by atoms with Crippen molar-refractivity contribution < 1.29 is 5.11 Å². The average Bonchev–Trinajstić information content (AvgIpc) is 2.51. The Morgan fingerprint density at radius 1 is 1.20 bits per heavy atom. The third-order valence-electron chi connectivity index (χ3n) is 5.12. The predicted molar refractivity (Wildman–Crippen MR) is 112 cm³/mol. The van der Waals surface area contributed by atoms with Gasteiger partial charge in [0.2, 0.25) is 0 Å². The fourth-order valence-corrected chi connectivity index (χ4v) is 3.26. The van der Waals surface area contributed by atoms with Crippen LogP contribution in [0.25, 0.3) is 0 Å². The van der Waals surface area contributed by atoms with Crippen LogP contribution in [0.3, 0.4) is 0 Å². The van der Waals surface area contributed by atoms with Gasteiger partial charge in [-0.05, 0) is 74.7 Å². The standard InChI is InChI=1S/C24H36O/c1-8-10-22(25)17-19(3)12-9-11-18(2)13-14-23-21(5)20(4)15-16-24(23,6)7/h9-14,17,20,25H,8,15-16H2,1-7H3/b12-9+,14-13+,18-11+,19-17+,22-10?. The van der Waals surface area contributed by atoms with E-state index in [9.17, 15) is 5.11 Å². The minimum atomic E-state index is 0.270. The van der Waals surface area contributed by atoms with Crippen LogP contribution in [0.4, 0.5) is 0 Å². The van der Waals surface area contributed by atoms with Crippen molar-refractivity contribution in [2.75, 3.05) is 0 Å². The molecular weight excluding hydrogens is 304 g/mol. The van der Waals surface area contributed by atoms with Gasteiger partial charge in [0.1, 0.15) is 5.76 Å². The van der Waals surface area contributed by atoms with E-state index in [0.29, 0.717) is 11.7 Å². The Kier molecular flexibility index (Phi) is 8.22. The molecule has 1 heteroatoms. The van der Waals surface area contributed by atoms with Crippen molar-refractivity contribution in [2.45, 2.75) is 67.7 Å². The summed E-state index contributed by atoms with van der Waals surface area (Å²) in [6.07, 6.45) is 17.7. The van der Waals surface area contributed by atoms with Crippen molar-refractivity contribution in [1.29, 1.82) is 0 Å². The highest BCUT2D eigenvalue weighted by molar-refractivity contribution is 5.38. The summed E-state index contributed by atoms with van der Waals surface area (Å²) >= 11 is 0. The second-order valence-electron chi connectivity index (χ2n) is 7.95. The number of aliphatic hydroxyl groups excluding tert-OH is 1. The molecule has 25 heavy (non-hydrogen) atoms. The fraction of sp³-hybridized carbons (Fsp3) is 0.500. The first-order valence-electron chi connectivity index (χ1n) is 9.49. The molecule has 0 aromatic rings. The van der Waals surface area contributed by atoms with E-state index in [1.54, 1.807) is 6.08 Å². The summed E-state index contributed by atoms with van der Waals surface area (Å²) < 4.78 is 0. The molecule has 0 saturated carbocycles. The summed E-state index contributed by atoms with van der Waals surface area (Å²) in [5.41, 5.74) is 5.57. The molecule has 138 valence electrons. The molecule has 0 saturated heterocycles. The molecule has 1 unspecified atom stereocenters. The maximum atomic E-state index is 9.67. The smallest absolute Gasteiger partial charge is 0.111 e. The average molecular weight is 341 g/mol. The summed E-state index contributed by atoms with van der Waals surface area (Å²) in [5.74, 6) is 1.02. The van der Waals surface area contributed by atoms with Gasteiger partial charge in [-0.2, -0.15) is 0 Å². The summed E-state index contributed by atoms with van der Waals surface area (Å²) in [6.45, 7) is 15.5. The van der Waals surface area contributed by atoms with Crippen molar-refractivity contribution in [3.63, 3.8) is 0 Å². The predicted octanol–water partition coefficient (Wildman–Crippen LogP) is 7.62. The Morgan fingerprint density at radius 2 is 1.88 bits per heavy atom. The number of rotatable bonds is 6. The van der Waals surface area contributed by atoms with Crippen LogP contribution in [0.15, 0.2) is 70.6 Å². The molecule has 0 aromatic carbocycles. The first-order valence-corrected chi connectivity index (χ1v) is 9.49. The Morgan fingerprint density at radius 3 is 2.52 bits per heavy atom. The van der Waals surface area contributed by atoms with Crippen molar-refractivity contribution in [3.8, 4) is 0 Å². The fourth-order valence-electron chi connectivity index (χ4n) is 3.26. The van der Waals surface area contributed by atoms with Crippen molar-refractivity contribution >= 4 is 0 Å². The Labute approximate surface area is 155 Å². The van der Waals surface area contributed by atoms with E-state index in [4.69, 9.17) is 0 Å². The van der Waals surface area contributed by atoms with Gasteiger partial charge < -0.3 is 5.11 Å². The van der Waals surface area contributed by atoms with E-state index in [1.165, 1.54) is 29.6 Å². The van der Waals surface area contributed by atoms with Crippen LogP contribution in [-0.4, -0.2) is 5.11 Å². The van der Waals surface area contributed by atoms with Crippen molar-refractivity contribution in [2.24, 2.45) is 11.3 Å². The Bertz CT molecular complexity index is 633. The van der Waals surface area contributed by atoms with Crippen LogP contribution in [-0.2, 0) is 0 Å². The summed E-state index contributed by atoms with van der Waals surface area (Å²) in [6, 6.07) is 0. The van der Waals surface area contributed by atoms with Crippen LogP contribution in [0.1, 0.15) is 67.7 Å². The summed E-state index contributed by atoms with van der Waals surface area (Å²) in [4.78, 5) is 0. The number of aliphatic hydroxyl groups is 1. The van der Waals surface area contributed by atoms with Gasteiger partial charge in [0, 0.05) is 0 Å². The van der Waals surface area contributed by atoms with Gasteiger partial charge in [0.25, 0.3) is 0 Å². The maximum absolute atomic E-state index is 9.67. The van der Waals surface area contributed by atoms with Crippen LogP contribution >= 0.6 is 0 Å². The van der Waals surface area contributed by atoms with Gasteiger partial charge >= 0.3 is 0 Å². The van der Waals surface area contributed by atoms with Gasteiger partial charge in [0.15, 0.2) is 0 Å². The zero-order valence-corrected chi connectivity index (χ0v) is 17.2. The van der Waals surface area contributed by atoms with Crippen LogP contribution in [0, 0.1) is 11.3 Å². The molecule has 1 N–H and O–H groups in total. The van der Waals surface area contributed by atoms with Gasteiger partial charge in [-0.15, -0.1) is 0 Å². The Hall–Kier alpha value is -1.76. The highest BCUT2D eigenvalue weighted by Gasteiger charge is 2.29. The molecular formula is C24H36O. The molecule has 0 radical (unpaired) electrons. The second kappa shape index (κ2) is 9.65. The van der Waals surface area contributed by atoms with E-state index in [2.05, 4.69) is 52.8 Å². The van der Waals surface area contributed by atoms with E-state index in [-0.39, 0.29) is 5.41 Å². The highest BCUT2D eigenvalue weighted by atomic mass is 16.3. The van der Waals surface area contributed by atoms with Crippen molar-refractivity contribution in [1.82, 2.24) is 0 Å². The van der Waals surface area contributed by atoms with E-state index >= 15 is 0 Å². The van der Waals surface area contributed by atoms with E-state index in [0.717, 1.165) is 12.0 Å². The first kappa shape index (κ1) is 21.3. The molecule has 1 rings (SSSR count). The highest BCUT2D eigenvalue weighted by Crippen LogP contribution is 2.43. The van der Waals surface area contributed by atoms with E-state index < -0.39 is 0 Å². The first-order chi connectivity index (χ1) is 11.7. The monoisotopic (exact) mass is 340 g/mol. The van der Waals surface area contributed by atoms with Crippen LogP contribution < -0.4 is 0 Å². The summed E-state index contributed by atoms with van der Waals surface area (Å²) in [7, 11) is 0. The lowest BCUT2D eigenvalue weighted by Crippen LogP contribution is -2.23. The third kappa shape index (κ3) is 6.94. The van der Waals surface area contributed by atoms with Gasteiger partial charge in [-0.1, -0.05) is 69.2 Å². The number of allylic oxidation sites excluding steroid dienone is 11. The second-order valence-corrected chi connectivity index (χ2v) is 7.95. The maximum Gasteiger partial charge on any atom is 0.111 e. The zero-order chi connectivity index (χ0) is 19.0. The molecule has 1 nitrogen and oxygen atoms in total. The Balaban J connectivity index is 2.84. The lowest BCUT2D eigenvalue weighted by Gasteiger charge is -2.36. The van der Waals surface area contributed by atoms with Crippen LogP contribution in [0.2, 0.25) is 0 Å². The molecule has 0 amide bonds. The van der Waals surface area contributed by atoms with Gasteiger partial charge in [-0.25, -0.2) is 0 Å². The molecule has 0 spiro atoms. The molecule has 1 aliphatic carbocycles. The quantitative estimate of drug-likeness (QED) is 0.389. The SMILES string of the molecule is CCC=C(O)/C=C(C)/C=C/C=C(C)/C=C/C1=C(C)C(C)CCC1(C)C. The van der Waals surface area contributed by atoms with Gasteiger partial charge in [-0.3, -0.25) is 0 Å². The summed E-state index contributed by atoms with van der Waals surface area (Å²) in [5, 5.41) is 9.67. The lowest BCUT2D eigenvalue weighted by molar-refractivity contribution is 0.339. The normalized spacial score (nSPS) is 23.2. The number of hydrogen-bond acceptors (Lipinski definition) is 1. The topological polar surface area (TPSA) is 20.2 Å². The van der Waals surface area contributed by atoms with Crippen molar-refractivity contribution in [3.05, 3.63) is 70.6 Å². The molecule has 0 aliphatic heterocycles. The molecule has 0 heterocycles. The number of hydrogen-bond donors (Lipinski definition) is 1. The minimum Gasteiger partial charge on any atom is -0.508 e. The lowest BCUT2D eigenvalue weighted by atomic mass is 9.69. The molecule has 0 bridgehead atoms. The third-order valence-corrected chi connectivity index (χ3v) is 5.12. The molecule has 0 aromatic heterocycles. The molecule has 1 atom stereocenters. The minimum absolute atomic E-state index is 0.270. The molecule has 1 aliphatic rings. The zero-order valence-electron chi connectivity index (χ0n) is 17.2. The van der Waals surface area contributed by atoms with E-state index in [1.807, 2.05) is 32.1 Å². The molecule has 0 fully saturated rings. The van der Waals surface area contributed by atoms with Crippen LogP contribution in [0.5, 0.6) is 0 Å².